The fraction of sp³-hybridized carbons (Fsp3) is 0.364. The molecule has 0 amide bonds. The van der Waals surface area contributed by atoms with Gasteiger partial charge in [0.15, 0.2) is 5.78 Å². The summed E-state index contributed by atoms with van der Waals surface area (Å²) in [6.07, 6.45) is 0. The largest absolute Gasteiger partial charge is 0.298 e. The van der Waals surface area contributed by atoms with Gasteiger partial charge in [-0.05, 0) is 27.1 Å². The van der Waals surface area contributed by atoms with Gasteiger partial charge in [-0.15, -0.1) is 0 Å². The Morgan fingerprint density at radius 3 is 2.36 bits per heavy atom. The molecule has 14 heavy (non-hydrogen) atoms. The molecule has 0 fully saturated rings. The predicted molar refractivity (Wildman–Crippen MR) is 53.5 cm³/mol. The molecule has 0 aliphatic heterocycles. The molecule has 76 valence electrons. The van der Waals surface area contributed by atoms with Gasteiger partial charge in [-0.3, -0.25) is 9.69 Å². The van der Waals surface area contributed by atoms with Gasteiger partial charge in [-0.1, -0.05) is 18.2 Å². The van der Waals surface area contributed by atoms with Crippen LogP contribution in [0.1, 0.15) is 18.5 Å². The summed E-state index contributed by atoms with van der Waals surface area (Å²) in [5.41, 5.74) is 0.435. The Morgan fingerprint density at radius 1 is 1.36 bits per heavy atom. The Morgan fingerprint density at radius 2 is 1.93 bits per heavy atom. The smallest absolute Gasteiger partial charge is 0.151 e. The third-order valence-corrected chi connectivity index (χ3v) is 2.10. The Hall–Kier alpha value is -1.22. The zero-order chi connectivity index (χ0) is 10.7. The van der Waals surface area contributed by atoms with Gasteiger partial charge in [-0.25, -0.2) is 4.39 Å². The molecule has 0 aliphatic rings. The van der Waals surface area contributed by atoms with E-state index >= 15 is 0 Å². The van der Waals surface area contributed by atoms with Crippen molar-refractivity contribution < 1.29 is 9.18 Å². The van der Waals surface area contributed by atoms with Crippen LogP contribution in [0.2, 0.25) is 0 Å². The van der Waals surface area contributed by atoms with Crippen LogP contribution in [0.25, 0.3) is 0 Å². The fourth-order valence-corrected chi connectivity index (χ4v) is 1.56. The number of ketones is 1. The highest BCUT2D eigenvalue weighted by Gasteiger charge is 2.21. The summed E-state index contributed by atoms with van der Waals surface area (Å²) in [6, 6.07) is 5.87. The van der Waals surface area contributed by atoms with Gasteiger partial charge in [0.25, 0.3) is 0 Å². The Bertz CT molecular complexity index is 336. The van der Waals surface area contributed by atoms with Crippen molar-refractivity contribution in [2.24, 2.45) is 0 Å². The quantitative estimate of drug-likeness (QED) is 0.735. The monoisotopic (exact) mass is 195 g/mol. The first kappa shape index (κ1) is 10.9. The van der Waals surface area contributed by atoms with Gasteiger partial charge in [-0.2, -0.15) is 0 Å². The molecular formula is C11H14FNO. The first-order valence-electron chi connectivity index (χ1n) is 4.45. The number of carbonyl (C=O) groups excluding carboxylic acids is 1. The van der Waals surface area contributed by atoms with Gasteiger partial charge >= 0.3 is 0 Å². The van der Waals surface area contributed by atoms with Crippen LogP contribution in [0.15, 0.2) is 24.3 Å². The van der Waals surface area contributed by atoms with Gasteiger partial charge in [0.05, 0.1) is 6.04 Å². The van der Waals surface area contributed by atoms with Crippen molar-refractivity contribution in [3.8, 4) is 0 Å². The van der Waals surface area contributed by atoms with E-state index in [9.17, 15) is 9.18 Å². The summed E-state index contributed by atoms with van der Waals surface area (Å²) in [5.74, 6) is -0.387. The lowest BCUT2D eigenvalue weighted by Gasteiger charge is -2.22. The third kappa shape index (κ3) is 2.17. The van der Waals surface area contributed by atoms with Crippen LogP contribution in [-0.2, 0) is 4.79 Å². The summed E-state index contributed by atoms with van der Waals surface area (Å²) in [7, 11) is 3.52. The zero-order valence-electron chi connectivity index (χ0n) is 8.62. The molecule has 0 aliphatic carbocycles. The molecule has 0 unspecified atom stereocenters. The number of hydrogen-bond acceptors (Lipinski definition) is 2. The minimum atomic E-state index is -0.490. The highest BCUT2D eigenvalue weighted by Crippen LogP contribution is 2.21. The minimum Gasteiger partial charge on any atom is -0.298 e. The fourth-order valence-electron chi connectivity index (χ4n) is 1.56. The highest BCUT2D eigenvalue weighted by molar-refractivity contribution is 5.82. The number of nitrogens with zero attached hydrogens (tertiary/aromatic N) is 1. The average Bonchev–Trinajstić information content (AvgIpc) is 2.07. The van der Waals surface area contributed by atoms with E-state index < -0.39 is 6.04 Å². The van der Waals surface area contributed by atoms with E-state index in [1.54, 1.807) is 37.2 Å². The van der Waals surface area contributed by atoms with Crippen LogP contribution in [0.5, 0.6) is 0 Å². The second-order valence-corrected chi connectivity index (χ2v) is 3.50. The van der Waals surface area contributed by atoms with Crippen molar-refractivity contribution in [2.75, 3.05) is 14.1 Å². The lowest BCUT2D eigenvalue weighted by atomic mass is 10.0. The standard InChI is InChI=1S/C11H14FNO/c1-8(14)11(13(2)3)9-6-4-5-7-10(9)12/h4-7,11H,1-3H3/t11-/m0/s1. The second-order valence-electron chi connectivity index (χ2n) is 3.50. The maximum Gasteiger partial charge on any atom is 0.151 e. The highest BCUT2D eigenvalue weighted by atomic mass is 19.1. The summed E-state index contributed by atoms with van der Waals surface area (Å²) in [4.78, 5) is 13.0. The van der Waals surface area contributed by atoms with Crippen LogP contribution < -0.4 is 0 Å². The summed E-state index contributed by atoms with van der Waals surface area (Å²) < 4.78 is 13.4. The molecule has 0 N–H and O–H groups in total. The molecule has 1 aromatic rings. The van der Waals surface area contributed by atoms with Crippen LogP contribution in [0, 0.1) is 5.82 Å². The van der Waals surface area contributed by atoms with Gasteiger partial charge < -0.3 is 0 Å². The van der Waals surface area contributed by atoms with E-state index in [0.29, 0.717) is 5.56 Å². The Kier molecular flexibility index (Phi) is 3.36. The molecule has 1 atom stereocenters. The number of benzene rings is 1. The zero-order valence-corrected chi connectivity index (χ0v) is 8.62. The third-order valence-electron chi connectivity index (χ3n) is 2.10. The molecule has 1 aromatic carbocycles. The van der Waals surface area contributed by atoms with Gasteiger partial charge in [0.1, 0.15) is 5.82 Å². The maximum atomic E-state index is 13.4. The van der Waals surface area contributed by atoms with Gasteiger partial charge in [0, 0.05) is 5.56 Å². The first-order valence-corrected chi connectivity index (χ1v) is 4.45. The minimum absolute atomic E-state index is 0.0555. The number of rotatable bonds is 3. The van der Waals surface area contributed by atoms with Crippen molar-refractivity contribution in [3.05, 3.63) is 35.6 Å². The number of hydrogen-bond donors (Lipinski definition) is 0. The SMILES string of the molecule is CC(=O)[C@@H](c1ccccc1F)N(C)C. The van der Waals surface area contributed by atoms with E-state index in [4.69, 9.17) is 0 Å². The molecule has 0 saturated heterocycles. The Balaban J connectivity index is 3.12. The first-order chi connectivity index (χ1) is 6.54. The second kappa shape index (κ2) is 4.33. The van der Waals surface area contributed by atoms with Crippen molar-refractivity contribution in [1.29, 1.82) is 0 Å². The van der Waals surface area contributed by atoms with Crippen molar-refractivity contribution >= 4 is 5.78 Å². The van der Waals surface area contributed by atoms with Crippen LogP contribution >= 0.6 is 0 Å². The van der Waals surface area contributed by atoms with Crippen LogP contribution in [-0.4, -0.2) is 24.8 Å². The van der Waals surface area contributed by atoms with E-state index in [0.717, 1.165) is 0 Å². The molecule has 0 spiro atoms. The summed E-state index contributed by atoms with van der Waals surface area (Å²) >= 11 is 0. The lowest BCUT2D eigenvalue weighted by molar-refractivity contribution is -0.121. The molecular weight excluding hydrogens is 181 g/mol. The number of carbonyl (C=O) groups is 1. The molecule has 3 heteroatoms. The van der Waals surface area contributed by atoms with Crippen molar-refractivity contribution in [3.63, 3.8) is 0 Å². The van der Waals surface area contributed by atoms with E-state index in [1.165, 1.54) is 13.0 Å². The van der Waals surface area contributed by atoms with Crippen molar-refractivity contribution in [2.45, 2.75) is 13.0 Å². The van der Waals surface area contributed by atoms with E-state index in [1.807, 2.05) is 0 Å². The number of Topliss-reactive ketones (excluding diaryl/α,β-unsaturated/α-hetero) is 1. The molecule has 1 rings (SSSR count). The van der Waals surface area contributed by atoms with Crippen molar-refractivity contribution in [1.82, 2.24) is 4.90 Å². The molecule has 0 bridgehead atoms. The van der Waals surface area contributed by atoms with E-state index in [2.05, 4.69) is 0 Å². The van der Waals surface area contributed by atoms with Crippen LogP contribution in [0.3, 0.4) is 0 Å². The normalized spacial score (nSPS) is 12.9. The molecule has 0 radical (unpaired) electrons. The number of likely N-dealkylation sites (N-methyl/N-ethyl adjacent to an activating group) is 1. The van der Waals surface area contributed by atoms with Crippen LogP contribution in [0.4, 0.5) is 4.39 Å². The van der Waals surface area contributed by atoms with E-state index in [-0.39, 0.29) is 11.6 Å². The Labute approximate surface area is 83.3 Å². The molecule has 0 saturated carbocycles. The molecule has 2 nitrogen and oxygen atoms in total. The topological polar surface area (TPSA) is 20.3 Å². The molecule has 0 heterocycles. The molecule has 0 aromatic heterocycles. The summed E-state index contributed by atoms with van der Waals surface area (Å²) in [6.45, 7) is 1.47. The average molecular weight is 195 g/mol. The maximum absolute atomic E-state index is 13.4. The summed E-state index contributed by atoms with van der Waals surface area (Å²) in [5, 5.41) is 0. The predicted octanol–water partition coefficient (Wildman–Crippen LogP) is 2.02. The van der Waals surface area contributed by atoms with Gasteiger partial charge in [0.2, 0.25) is 0 Å². The lowest BCUT2D eigenvalue weighted by Crippen LogP contribution is -2.26. The number of halogens is 1.